The van der Waals surface area contributed by atoms with Crippen molar-refractivity contribution < 1.29 is 27.4 Å². The van der Waals surface area contributed by atoms with E-state index in [0.29, 0.717) is 60.2 Å². The lowest BCUT2D eigenvalue weighted by atomic mass is 9.95. The normalized spacial score (nSPS) is 23.0. The molecule has 12 heteroatoms. The summed E-state index contributed by atoms with van der Waals surface area (Å²) in [6.07, 6.45) is 9.46. The predicted octanol–water partition coefficient (Wildman–Crippen LogP) is 4.57. The fourth-order valence-electron chi connectivity index (χ4n) is 7.21. The largest absolute Gasteiger partial charge is 0.461 e. The van der Waals surface area contributed by atoms with Crippen LogP contribution < -0.4 is 15.0 Å². The van der Waals surface area contributed by atoms with Gasteiger partial charge < -0.3 is 19.7 Å². The Hall–Kier alpha value is -4.73. The maximum absolute atomic E-state index is 16.8. The standard InChI is InChI=1S/C35H33F3N6O3/c1-3-24-27(37)10-9-21-7-5-8-25(29(21)24)31-30(38)32-26(16-39-31)33(43-13-14-46-19-23(18-43)40-28(45)4-2)42-34(41-32)47-20-35-11-6-12-44(35)17-22(36)15-35/h1,4-5,7-10,16,22-23H,2,6,11-15,17-20H2,(H,40,45)/t22-,23?,35+/m1/s1. The van der Waals surface area contributed by atoms with Gasteiger partial charge in [0.15, 0.2) is 5.82 Å². The lowest BCUT2D eigenvalue weighted by molar-refractivity contribution is -0.117. The molecule has 1 unspecified atom stereocenters. The van der Waals surface area contributed by atoms with Crippen molar-refractivity contribution in [3.8, 4) is 29.6 Å². The van der Waals surface area contributed by atoms with Crippen LogP contribution in [0.25, 0.3) is 32.9 Å². The molecule has 5 heterocycles. The van der Waals surface area contributed by atoms with E-state index in [-0.39, 0.29) is 41.9 Å². The van der Waals surface area contributed by atoms with Gasteiger partial charge in [-0.3, -0.25) is 14.7 Å². The number of nitrogens with zero attached hydrogens (tertiary/aromatic N) is 5. The summed E-state index contributed by atoms with van der Waals surface area (Å²) < 4.78 is 58.1. The van der Waals surface area contributed by atoms with E-state index in [4.69, 9.17) is 20.9 Å². The molecule has 3 aliphatic heterocycles. The van der Waals surface area contributed by atoms with Gasteiger partial charge in [0.2, 0.25) is 5.91 Å². The van der Waals surface area contributed by atoms with Crippen LogP contribution in [0.4, 0.5) is 19.0 Å². The zero-order valence-corrected chi connectivity index (χ0v) is 25.6. The number of carbonyl (C=O) groups is 1. The number of hydrogen-bond acceptors (Lipinski definition) is 8. The average Bonchev–Trinajstić information content (AvgIpc) is 3.49. The van der Waals surface area contributed by atoms with E-state index in [1.165, 1.54) is 18.3 Å². The highest BCUT2D eigenvalue weighted by molar-refractivity contribution is 6.02. The summed E-state index contributed by atoms with van der Waals surface area (Å²) in [5.74, 6) is 1.03. The maximum atomic E-state index is 16.8. The Morgan fingerprint density at radius 2 is 2.11 bits per heavy atom. The fraction of sp³-hybridized carbons (Fsp3) is 0.371. The number of amides is 1. The van der Waals surface area contributed by atoms with Crippen LogP contribution in [-0.2, 0) is 9.53 Å². The van der Waals surface area contributed by atoms with Crippen molar-refractivity contribution in [3.05, 3.63) is 66.4 Å². The van der Waals surface area contributed by atoms with Gasteiger partial charge in [0.1, 0.15) is 35.6 Å². The van der Waals surface area contributed by atoms with Crippen molar-refractivity contribution in [2.75, 3.05) is 50.9 Å². The molecular weight excluding hydrogens is 609 g/mol. The van der Waals surface area contributed by atoms with Gasteiger partial charge in [-0.15, -0.1) is 6.42 Å². The molecule has 0 aliphatic carbocycles. The van der Waals surface area contributed by atoms with Gasteiger partial charge in [-0.2, -0.15) is 9.97 Å². The Balaban J connectivity index is 1.35. The summed E-state index contributed by atoms with van der Waals surface area (Å²) in [4.78, 5) is 29.9. The van der Waals surface area contributed by atoms with E-state index in [0.717, 1.165) is 19.4 Å². The molecule has 2 aromatic heterocycles. The van der Waals surface area contributed by atoms with E-state index in [1.54, 1.807) is 24.3 Å². The Bertz CT molecular complexity index is 1930. The van der Waals surface area contributed by atoms with Crippen LogP contribution in [0, 0.1) is 24.0 Å². The summed E-state index contributed by atoms with van der Waals surface area (Å²) in [5.41, 5.74) is -0.277. The number of nitrogens with one attached hydrogen (secondary N) is 1. The minimum Gasteiger partial charge on any atom is -0.461 e. The first-order chi connectivity index (χ1) is 22.8. The molecule has 3 aliphatic rings. The molecule has 1 amide bonds. The molecule has 3 fully saturated rings. The number of hydrogen-bond donors (Lipinski definition) is 1. The maximum Gasteiger partial charge on any atom is 0.319 e. The highest BCUT2D eigenvalue weighted by Crippen LogP contribution is 2.41. The fourth-order valence-corrected chi connectivity index (χ4v) is 7.21. The molecule has 0 spiro atoms. The monoisotopic (exact) mass is 642 g/mol. The molecule has 0 bridgehead atoms. The van der Waals surface area contributed by atoms with Crippen molar-refractivity contribution >= 4 is 33.4 Å². The Morgan fingerprint density at radius 1 is 1.23 bits per heavy atom. The molecule has 47 heavy (non-hydrogen) atoms. The summed E-state index contributed by atoms with van der Waals surface area (Å²) in [6, 6.07) is 7.52. The zero-order chi connectivity index (χ0) is 32.7. The van der Waals surface area contributed by atoms with Crippen molar-refractivity contribution in [2.45, 2.75) is 37.0 Å². The molecule has 2 aromatic carbocycles. The first kappa shape index (κ1) is 30.9. The second kappa shape index (κ2) is 12.5. The third kappa shape index (κ3) is 5.64. The van der Waals surface area contributed by atoms with Crippen LogP contribution in [0.3, 0.4) is 0 Å². The summed E-state index contributed by atoms with van der Waals surface area (Å²) in [7, 11) is 0. The molecular formula is C35H33F3N6O3. The van der Waals surface area contributed by atoms with Gasteiger partial charge in [-0.25, -0.2) is 13.2 Å². The number of rotatable bonds is 7. The second-order valence-corrected chi connectivity index (χ2v) is 12.3. The Morgan fingerprint density at radius 3 is 2.94 bits per heavy atom. The predicted molar refractivity (Wildman–Crippen MR) is 172 cm³/mol. The number of fused-ring (bicyclic) bond motifs is 3. The minimum atomic E-state index is -0.948. The first-order valence-corrected chi connectivity index (χ1v) is 15.6. The Kier molecular flexibility index (Phi) is 8.20. The first-order valence-electron chi connectivity index (χ1n) is 15.6. The molecule has 9 nitrogen and oxygen atoms in total. The van der Waals surface area contributed by atoms with Gasteiger partial charge in [0, 0.05) is 43.2 Å². The third-order valence-corrected chi connectivity index (χ3v) is 9.37. The summed E-state index contributed by atoms with van der Waals surface area (Å²) >= 11 is 0. The number of benzene rings is 2. The zero-order valence-electron chi connectivity index (χ0n) is 25.6. The number of terminal acetylenes is 1. The SMILES string of the molecule is C#Cc1c(F)ccc2cccc(-c3ncc4c(N5CCOCC(NC(=O)C=C)C5)nc(OC[C@@]56CCCN5C[C@H](F)C6)nc4c3F)c12. The lowest BCUT2D eigenvalue weighted by Gasteiger charge is -2.31. The number of ether oxygens (including phenoxy) is 2. The van der Waals surface area contributed by atoms with Crippen LogP contribution in [0.15, 0.2) is 49.2 Å². The van der Waals surface area contributed by atoms with Gasteiger partial charge >= 0.3 is 6.01 Å². The van der Waals surface area contributed by atoms with E-state index in [2.05, 4.69) is 32.7 Å². The van der Waals surface area contributed by atoms with Crippen molar-refractivity contribution in [2.24, 2.45) is 0 Å². The molecule has 7 rings (SSSR count). The van der Waals surface area contributed by atoms with Crippen molar-refractivity contribution in [3.63, 3.8) is 0 Å². The Labute approximate surface area is 269 Å². The molecule has 242 valence electrons. The summed E-state index contributed by atoms with van der Waals surface area (Å²) in [6.45, 7) is 6.07. The van der Waals surface area contributed by atoms with E-state index in [9.17, 15) is 13.6 Å². The molecule has 3 saturated heterocycles. The van der Waals surface area contributed by atoms with E-state index >= 15 is 4.39 Å². The van der Waals surface area contributed by atoms with Crippen LogP contribution in [0.1, 0.15) is 24.8 Å². The highest BCUT2D eigenvalue weighted by atomic mass is 19.1. The van der Waals surface area contributed by atoms with Crippen LogP contribution in [-0.4, -0.2) is 89.5 Å². The topological polar surface area (TPSA) is 92.7 Å². The molecule has 1 N–H and O–H groups in total. The number of alkyl halides is 1. The van der Waals surface area contributed by atoms with Gasteiger partial charge in [0.25, 0.3) is 0 Å². The number of pyridine rings is 1. The summed E-state index contributed by atoms with van der Waals surface area (Å²) in [5, 5.41) is 4.16. The average molecular weight is 643 g/mol. The van der Waals surface area contributed by atoms with Crippen LogP contribution in [0.2, 0.25) is 0 Å². The van der Waals surface area contributed by atoms with Crippen LogP contribution in [0.5, 0.6) is 6.01 Å². The lowest BCUT2D eigenvalue weighted by Crippen LogP contribution is -2.44. The second-order valence-electron chi connectivity index (χ2n) is 12.3. The smallest absolute Gasteiger partial charge is 0.319 e. The molecule has 4 aromatic rings. The molecule has 0 radical (unpaired) electrons. The molecule has 3 atom stereocenters. The van der Waals surface area contributed by atoms with E-state index in [1.807, 2.05) is 4.90 Å². The van der Waals surface area contributed by atoms with Gasteiger partial charge in [0.05, 0.1) is 35.7 Å². The number of anilines is 1. The van der Waals surface area contributed by atoms with Crippen LogP contribution >= 0.6 is 0 Å². The third-order valence-electron chi connectivity index (χ3n) is 9.37. The van der Waals surface area contributed by atoms with Gasteiger partial charge in [-0.1, -0.05) is 36.8 Å². The highest BCUT2D eigenvalue weighted by Gasteiger charge is 2.49. The number of aromatic nitrogens is 3. The number of carbonyl (C=O) groups excluding carboxylic acids is 1. The van der Waals surface area contributed by atoms with Gasteiger partial charge in [-0.05, 0) is 36.9 Å². The van der Waals surface area contributed by atoms with Crippen molar-refractivity contribution in [1.82, 2.24) is 25.2 Å². The van der Waals surface area contributed by atoms with E-state index < -0.39 is 29.4 Å². The number of halogens is 3. The van der Waals surface area contributed by atoms with Crippen molar-refractivity contribution in [1.29, 1.82) is 0 Å². The molecule has 0 saturated carbocycles. The minimum absolute atomic E-state index is 0.00656. The quantitative estimate of drug-likeness (QED) is 0.232.